The summed E-state index contributed by atoms with van der Waals surface area (Å²) >= 11 is 2.05. The van der Waals surface area contributed by atoms with E-state index in [1.54, 1.807) is 0 Å². The fourth-order valence-electron chi connectivity index (χ4n) is 2.47. The average Bonchev–Trinajstić information content (AvgIpc) is 2.28. The molecule has 0 amide bonds. The van der Waals surface area contributed by atoms with E-state index in [0.29, 0.717) is 5.25 Å². The van der Waals surface area contributed by atoms with Gasteiger partial charge >= 0.3 is 0 Å². The van der Waals surface area contributed by atoms with Crippen LogP contribution >= 0.6 is 11.8 Å². The van der Waals surface area contributed by atoms with Gasteiger partial charge in [-0.3, -0.25) is 0 Å². The van der Waals surface area contributed by atoms with Gasteiger partial charge in [-0.15, -0.1) is 0 Å². The summed E-state index contributed by atoms with van der Waals surface area (Å²) in [6, 6.07) is 6.91. The Bertz CT molecular complexity index is 336. The smallest absolute Gasteiger partial charge is 0.0415 e. The third-order valence-corrected chi connectivity index (χ3v) is 4.73. The summed E-state index contributed by atoms with van der Waals surface area (Å²) in [7, 11) is 0. The van der Waals surface area contributed by atoms with Gasteiger partial charge in [0.1, 0.15) is 0 Å². The predicted octanol–water partition coefficient (Wildman–Crippen LogP) is 3.59. The highest BCUT2D eigenvalue weighted by molar-refractivity contribution is 8.00. The van der Waals surface area contributed by atoms with Gasteiger partial charge in [-0.1, -0.05) is 35.7 Å². The molecule has 1 aliphatic rings. The summed E-state index contributed by atoms with van der Waals surface area (Å²) in [4.78, 5) is 0. The van der Waals surface area contributed by atoms with Crippen LogP contribution in [-0.4, -0.2) is 11.0 Å². The standard InChI is InChI=1S/C14H21NS/c1-10-7-11(2)9-12(8-10)14(15)13-5-3-4-6-16-13/h7-9,13-14H,3-6,15H2,1-2H3. The maximum Gasteiger partial charge on any atom is 0.0415 e. The minimum Gasteiger partial charge on any atom is -0.323 e. The van der Waals surface area contributed by atoms with Crippen LogP contribution in [0.5, 0.6) is 0 Å². The number of nitrogens with two attached hydrogens (primary N) is 1. The van der Waals surface area contributed by atoms with E-state index in [4.69, 9.17) is 5.73 Å². The third kappa shape index (κ3) is 2.80. The normalized spacial score (nSPS) is 23.1. The fraction of sp³-hybridized carbons (Fsp3) is 0.571. The lowest BCUT2D eigenvalue weighted by Crippen LogP contribution is -2.26. The SMILES string of the molecule is Cc1cc(C)cc(C(N)C2CCCCS2)c1. The number of benzene rings is 1. The quantitative estimate of drug-likeness (QED) is 0.847. The Morgan fingerprint density at radius 1 is 1.19 bits per heavy atom. The first-order valence-corrected chi connectivity index (χ1v) is 7.17. The van der Waals surface area contributed by atoms with E-state index in [1.165, 1.54) is 41.7 Å². The van der Waals surface area contributed by atoms with Crippen molar-refractivity contribution in [1.82, 2.24) is 0 Å². The van der Waals surface area contributed by atoms with Crippen molar-refractivity contribution < 1.29 is 0 Å². The molecule has 2 N–H and O–H groups in total. The Morgan fingerprint density at radius 2 is 1.88 bits per heavy atom. The molecule has 1 aromatic rings. The molecule has 0 saturated carbocycles. The molecule has 88 valence electrons. The Kier molecular flexibility index (Phi) is 3.93. The van der Waals surface area contributed by atoms with Crippen molar-refractivity contribution in [2.75, 3.05) is 5.75 Å². The van der Waals surface area contributed by atoms with E-state index in [0.717, 1.165) is 0 Å². The Labute approximate surface area is 103 Å². The van der Waals surface area contributed by atoms with Gasteiger partial charge in [0, 0.05) is 11.3 Å². The van der Waals surface area contributed by atoms with Gasteiger partial charge in [-0.05, 0) is 38.0 Å². The molecule has 16 heavy (non-hydrogen) atoms. The molecule has 2 unspecified atom stereocenters. The van der Waals surface area contributed by atoms with Crippen LogP contribution in [0.3, 0.4) is 0 Å². The summed E-state index contributed by atoms with van der Waals surface area (Å²) in [5.41, 5.74) is 10.4. The number of thioether (sulfide) groups is 1. The number of hydrogen-bond acceptors (Lipinski definition) is 2. The summed E-state index contributed by atoms with van der Waals surface area (Å²) in [6.07, 6.45) is 3.98. The van der Waals surface area contributed by atoms with Gasteiger partial charge in [0.25, 0.3) is 0 Å². The van der Waals surface area contributed by atoms with Crippen LogP contribution in [0.15, 0.2) is 18.2 Å². The van der Waals surface area contributed by atoms with Crippen molar-refractivity contribution in [3.8, 4) is 0 Å². The molecule has 1 saturated heterocycles. The fourth-order valence-corrected chi connectivity index (χ4v) is 3.84. The number of rotatable bonds is 2. The van der Waals surface area contributed by atoms with Crippen LogP contribution in [0, 0.1) is 13.8 Å². The maximum atomic E-state index is 6.39. The molecule has 1 nitrogen and oxygen atoms in total. The Hall–Kier alpha value is -0.470. The molecule has 1 fully saturated rings. The zero-order valence-corrected chi connectivity index (χ0v) is 11.0. The monoisotopic (exact) mass is 235 g/mol. The first-order valence-electron chi connectivity index (χ1n) is 6.12. The molecule has 1 aliphatic heterocycles. The lowest BCUT2D eigenvalue weighted by molar-refractivity contribution is 0.581. The van der Waals surface area contributed by atoms with Gasteiger partial charge in [0.05, 0.1) is 0 Å². The van der Waals surface area contributed by atoms with Crippen molar-refractivity contribution in [3.05, 3.63) is 34.9 Å². The molecular weight excluding hydrogens is 214 g/mol. The molecule has 0 radical (unpaired) electrons. The second-order valence-electron chi connectivity index (χ2n) is 4.85. The third-order valence-electron chi connectivity index (χ3n) is 3.24. The van der Waals surface area contributed by atoms with Gasteiger partial charge in [0.15, 0.2) is 0 Å². The summed E-state index contributed by atoms with van der Waals surface area (Å²) in [5, 5.41) is 0.620. The van der Waals surface area contributed by atoms with E-state index < -0.39 is 0 Å². The van der Waals surface area contributed by atoms with E-state index in [9.17, 15) is 0 Å². The molecule has 1 aromatic carbocycles. The highest BCUT2D eigenvalue weighted by Crippen LogP contribution is 2.33. The number of hydrogen-bond donors (Lipinski definition) is 1. The summed E-state index contributed by atoms with van der Waals surface area (Å²) < 4.78 is 0. The van der Waals surface area contributed by atoms with Crippen LogP contribution in [0.4, 0.5) is 0 Å². The van der Waals surface area contributed by atoms with Crippen molar-refractivity contribution >= 4 is 11.8 Å². The highest BCUT2D eigenvalue weighted by Gasteiger charge is 2.22. The zero-order valence-electron chi connectivity index (χ0n) is 10.2. The molecule has 1 heterocycles. The van der Waals surface area contributed by atoms with Crippen LogP contribution in [0.2, 0.25) is 0 Å². The molecule has 0 aliphatic carbocycles. The minimum absolute atomic E-state index is 0.212. The second-order valence-corrected chi connectivity index (χ2v) is 6.20. The average molecular weight is 235 g/mol. The van der Waals surface area contributed by atoms with Crippen LogP contribution < -0.4 is 5.73 Å². The van der Waals surface area contributed by atoms with Gasteiger partial charge in [-0.25, -0.2) is 0 Å². The molecule has 0 spiro atoms. The first kappa shape index (κ1) is 12.0. The largest absolute Gasteiger partial charge is 0.323 e. The summed E-state index contributed by atoms with van der Waals surface area (Å²) in [5.74, 6) is 1.28. The van der Waals surface area contributed by atoms with E-state index in [-0.39, 0.29) is 6.04 Å². The van der Waals surface area contributed by atoms with Gasteiger partial charge < -0.3 is 5.73 Å². The lowest BCUT2D eigenvalue weighted by atomic mass is 9.97. The minimum atomic E-state index is 0.212. The number of aryl methyl sites for hydroxylation is 2. The maximum absolute atomic E-state index is 6.39. The van der Waals surface area contributed by atoms with Crippen molar-refractivity contribution in [2.45, 2.75) is 44.4 Å². The van der Waals surface area contributed by atoms with Gasteiger partial charge in [-0.2, -0.15) is 11.8 Å². The zero-order chi connectivity index (χ0) is 11.5. The Morgan fingerprint density at radius 3 is 2.44 bits per heavy atom. The van der Waals surface area contributed by atoms with Crippen molar-refractivity contribution in [3.63, 3.8) is 0 Å². The topological polar surface area (TPSA) is 26.0 Å². The molecule has 0 bridgehead atoms. The first-order chi connectivity index (χ1) is 7.66. The van der Waals surface area contributed by atoms with Crippen LogP contribution in [0.1, 0.15) is 42.0 Å². The van der Waals surface area contributed by atoms with E-state index >= 15 is 0 Å². The predicted molar refractivity (Wildman–Crippen MR) is 72.9 cm³/mol. The van der Waals surface area contributed by atoms with Gasteiger partial charge in [0.2, 0.25) is 0 Å². The molecule has 2 heteroatoms. The summed E-state index contributed by atoms with van der Waals surface area (Å²) in [6.45, 7) is 4.30. The lowest BCUT2D eigenvalue weighted by Gasteiger charge is -2.27. The van der Waals surface area contributed by atoms with Crippen molar-refractivity contribution in [1.29, 1.82) is 0 Å². The molecule has 0 aromatic heterocycles. The van der Waals surface area contributed by atoms with Crippen LogP contribution in [0.25, 0.3) is 0 Å². The van der Waals surface area contributed by atoms with E-state index in [1.807, 2.05) is 0 Å². The van der Waals surface area contributed by atoms with Crippen molar-refractivity contribution in [2.24, 2.45) is 5.73 Å². The molecular formula is C14H21NS. The molecule has 2 rings (SSSR count). The van der Waals surface area contributed by atoms with Crippen LogP contribution in [-0.2, 0) is 0 Å². The highest BCUT2D eigenvalue weighted by atomic mass is 32.2. The Balaban J connectivity index is 2.15. The second kappa shape index (κ2) is 5.24. The molecule has 2 atom stereocenters. The van der Waals surface area contributed by atoms with E-state index in [2.05, 4.69) is 43.8 Å².